The first-order valence-electron chi connectivity index (χ1n) is 17.0. The Morgan fingerprint density at radius 3 is 2.13 bits per heavy atom. The zero-order valence-electron chi connectivity index (χ0n) is 29.7. The summed E-state index contributed by atoms with van der Waals surface area (Å²) in [7, 11) is 0. The lowest BCUT2D eigenvalue weighted by Crippen LogP contribution is -2.24. The van der Waals surface area contributed by atoms with Crippen LogP contribution in [0.15, 0.2) is 54.6 Å². The van der Waals surface area contributed by atoms with Crippen LogP contribution in [0.4, 0.5) is 5.69 Å². The van der Waals surface area contributed by atoms with Gasteiger partial charge in [0.1, 0.15) is 19.3 Å². The Morgan fingerprint density at radius 2 is 1.57 bits per heavy atom. The molecule has 5 rings (SSSR count). The molecule has 1 N–H and O–H groups in total. The van der Waals surface area contributed by atoms with Crippen LogP contribution in [0.5, 0.6) is 11.5 Å². The second kappa shape index (κ2) is 23.7. The summed E-state index contributed by atoms with van der Waals surface area (Å²) in [5.41, 5.74) is 6.11. The Balaban J connectivity index is 0.000000807. The molecule has 2 aliphatic rings. The third kappa shape index (κ3) is 13.2. The minimum absolute atomic E-state index is 0.250. The fourth-order valence-electron chi connectivity index (χ4n) is 4.74. The van der Waals surface area contributed by atoms with Gasteiger partial charge < -0.3 is 24.2 Å². The number of carboxylic acid groups (broad SMARTS) is 1. The molecular weight excluding hydrogens is 614 g/mol. The maximum Gasteiger partial charge on any atom is 0.290 e. The first kappa shape index (κ1) is 41.5. The van der Waals surface area contributed by atoms with Gasteiger partial charge in [-0.1, -0.05) is 103 Å². The van der Waals surface area contributed by atoms with Gasteiger partial charge in [0.25, 0.3) is 6.47 Å². The molecule has 1 saturated carbocycles. The van der Waals surface area contributed by atoms with Gasteiger partial charge in [0, 0.05) is 28.4 Å². The van der Waals surface area contributed by atoms with E-state index >= 15 is 0 Å². The Hall–Kier alpha value is -3.55. The number of ether oxygens (including phenoxy) is 3. The molecule has 0 aromatic heterocycles. The second-order valence-corrected chi connectivity index (χ2v) is 11.4. The molecule has 1 aliphatic carbocycles. The van der Waals surface area contributed by atoms with Crippen molar-refractivity contribution in [1.82, 2.24) is 0 Å². The van der Waals surface area contributed by atoms with Gasteiger partial charge in [-0.3, -0.25) is 9.59 Å². The van der Waals surface area contributed by atoms with Gasteiger partial charge in [-0.25, -0.2) is 0 Å². The van der Waals surface area contributed by atoms with E-state index in [1.54, 1.807) is 4.90 Å². The van der Waals surface area contributed by atoms with Crippen LogP contribution in [0.3, 0.4) is 0 Å². The lowest BCUT2D eigenvalue weighted by Gasteiger charge is -2.29. The summed E-state index contributed by atoms with van der Waals surface area (Å²) in [6.07, 6.45) is 6.82. The fourth-order valence-corrected chi connectivity index (χ4v) is 4.92. The van der Waals surface area contributed by atoms with E-state index in [4.69, 9.17) is 35.7 Å². The van der Waals surface area contributed by atoms with Crippen LogP contribution in [0.2, 0.25) is 5.02 Å². The van der Waals surface area contributed by atoms with E-state index in [0.717, 1.165) is 28.8 Å². The van der Waals surface area contributed by atoms with E-state index < -0.39 is 6.10 Å². The normalized spacial score (nSPS) is 13.0. The summed E-state index contributed by atoms with van der Waals surface area (Å²) in [6, 6.07) is 18.0. The highest BCUT2D eigenvalue weighted by Gasteiger charge is 2.28. The van der Waals surface area contributed by atoms with Crippen molar-refractivity contribution in [2.45, 2.75) is 106 Å². The Labute approximate surface area is 288 Å². The molecule has 1 atom stereocenters. The predicted octanol–water partition coefficient (Wildman–Crippen LogP) is 10.5. The summed E-state index contributed by atoms with van der Waals surface area (Å²) >= 11 is 6.46. The molecule has 1 amide bonds. The molecule has 1 heterocycles. The molecule has 0 spiro atoms. The number of hydrogen-bond acceptors (Lipinski definition) is 5. The summed E-state index contributed by atoms with van der Waals surface area (Å²) in [5.74, 6) is 2.07. The number of carbonyl (C=O) groups excluding carboxylic acids is 1. The van der Waals surface area contributed by atoms with E-state index in [-0.39, 0.29) is 6.47 Å². The molecule has 0 bridgehead atoms. The van der Waals surface area contributed by atoms with Crippen molar-refractivity contribution < 1.29 is 28.9 Å². The predicted molar refractivity (Wildman–Crippen MR) is 194 cm³/mol. The molecule has 1 aliphatic heterocycles. The number of nitrogens with zero attached hydrogens (tertiary/aromatic N) is 1. The lowest BCUT2D eigenvalue weighted by atomic mass is 9.97. The van der Waals surface area contributed by atoms with E-state index in [2.05, 4.69) is 52.8 Å². The van der Waals surface area contributed by atoms with Gasteiger partial charge in [0.2, 0.25) is 6.41 Å². The molecule has 260 valence electrons. The zero-order chi connectivity index (χ0) is 35.2. The van der Waals surface area contributed by atoms with Crippen LogP contribution >= 0.6 is 11.6 Å². The van der Waals surface area contributed by atoms with Crippen LogP contribution in [-0.4, -0.2) is 37.8 Å². The van der Waals surface area contributed by atoms with Gasteiger partial charge in [-0.15, -0.1) is 0 Å². The highest BCUT2D eigenvalue weighted by atomic mass is 35.5. The summed E-state index contributed by atoms with van der Waals surface area (Å²) in [6.45, 7) is 18.3. The van der Waals surface area contributed by atoms with Crippen molar-refractivity contribution >= 4 is 30.2 Å². The van der Waals surface area contributed by atoms with Crippen molar-refractivity contribution in [2.75, 3.05) is 24.7 Å². The molecule has 0 saturated heterocycles. The number of rotatable bonds is 10. The summed E-state index contributed by atoms with van der Waals surface area (Å²) in [4.78, 5) is 22.5. The number of fused-ring (bicyclic) bond motifs is 1. The van der Waals surface area contributed by atoms with Gasteiger partial charge >= 0.3 is 0 Å². The van der Waals surface area contributed by atoms with Crippen molar-refractivity contribution in [3.8, 4) is 11.5 Å². The SMILES string of the molecule is CC.CCC.CCCC.CCO[C@@H](c1cc(Cl)ccc1N(C=O)Cc1ccc(C2CC2)cc1C)c1cccc2c1OCCO2.O=CO. The van der Waals surface area contributed by atoms with Crippen LogP contribution in [-0.2, 0) is 20.9 Å². The summed E-state index contributed by atoms with van der Waals surface area (Å²) in [5, 5.41) is 7.46. The molecule has 3 aromatic rings. The number of anilines is 1. The third-order valence-corrected chi connectivity index (χ3v) is 7.41. The highest BCUT2D eigenvalue weighted by molar-refractivity contribution is 6.30. The standard InChI is InChI=1S/C29H30ClNO4.C4H10.C3H8.C2H6.CH2O2/c1-3-33-28(24-5-4-6-27-29(24)35-14-13-34-27)25-16-23(30)11-12-26(25)31(18-32)17-22-10-9-21(15-19(22)2)20-7-8-20;1-3-4-2;1-3-2;1-2;2-1-3/h4-6,9-12,15-16,18,20,28H,3,7-8,13-14,17H2,1-2H3;3-4H2,1-2H3;3H2,1-2H3;1-2H3;1H,(H,2,3)/t28-;;;;/m1..../s1. The van der Waals surface area contributed by atoms with Crippen molar-refractivity contribution in [3.63, 3.8) is 0 Å². The molecule has 0 unspecified atom stereocenters. The quantitative estimate of drug-likeness (QED) is 0.216. The molecule has 47 heavy (non-hydrogen) atoms. The zero-order valence-corrected chi connectivity index (χ0v) is 30.4. The minimum atomic E-state index is -0.480. The monoisotopic (exact) mass is 669 g/mol. The molecule has 0 radical (unpaired) electrons. The number of halogens is 1. The number of unbranched alkanes of at least 4 members (excludes halogenated alkanes) is 1. The first-order chi connectivity index (χ1) is 22.8. The number of amides is 1. The largest absolute Gasteiger partial charge is 0.486 e. The fraction of sp³-hybridized carbons (Fsp3) is 0.487. The van der Waals surface area contributed by atoms with E-state index in [9.17, 15) is 4.79 Å². The Bertz CT molecular complexity index is 1320. The number of benzene rings is 3. The van der Waals surface area contributed by atoms with Crippen molar-refractivity contribution in [3.05, 3.63) is 87.4 Å². The van der Waals surface area contributed by atoms with E-state index in [0.29, 0.717) is 48.8 Å². The molecular formula is C39H56ClNO6. The number of carbonyl (C=O) groups is 2. The van der Waals surface area contributed by atoms with E-state index in [1.807, 2.05) is 57.2 Å². The summed E-state index contributed by atoms with van der Waals surface area (Å²) < 4.78 is 18.0. The third-order valence-electron chi connectivity index (χ3n) is 7.18. The average molecular weight is 670 g/mol. The highest BCUT2D eigenvalue weighted by Crippen LogP contribution is 2.44. The number of aryl methyl sites for hydroxylation is 1. The maximum atomic E-state index is 12.4. The molecule has 3 aromatic carbocycles. The van der Waals surface area contributed by atoms with Crippen LogP contribution < -0.4 is 14.4 Å². The molecule has 8 heteroatoms. The van der Waals surface area contributed by atoms with Crippen molar-refractivity contribution in [1.29, 1.82) is 0 Å². The van der Waals surface area contributed by atoms with Gasteiger partial charge in [-0.05, 0) is 73.6 Å². The molecule has 7 nitrogen and oxygen atoms in total. The van der Waals surface area contributed by atoms with Gasteiger partial charge in [0.05, 0.1) is 6.54 Å². The Morgan fingerprint density at radius 1 is 0.936 bits per heavy atom. The number of hydrogen-bond donors (Lipinski definition) is 1. The van der Waals surface area contributed by atoms with Crippen LogP contribution in [0.25, 0.3) is 0 Å². The number of para-hydroxylation sites is 1. The van der Waals surface area contributed by atoms with E-state index in [1.165, 1.54) is 43.2 Å². The maximum absolute atomic E-state index is 12.4. The molecule has 1 fully saturated rings. The Kier molecular flexibility index (Phi) is 20.9. The second-order valence-electron chi connectivity index (χ2n) is 10.9. The van der Waals surface area contributed by atoms with Gasteiger partial charge in [0.15, 0.2) is 11.5 Å². The van der Waals surface area contributed by atoms with Crippen LogP contribution in [0.1, 0.15) is 120 Å². The van der Waals surface area contributed by atoms with Gasteiger partial charge in [-0.2, -0.15) is 0 Å². The average Bonchev–Trinajstić information content (AvgIpc) is 3.94. The first-order valence-corrected chi connectivity index (χ1v) is 17.4. The van der Waals surface area contributed by atoms with Crippen molar-refractivity contribution in [2.24, 2.45) is 0 Å². The minimum Gasteiger partial charge on any atom is -0.486 e. The lowest BCUT2D eigenvalue weighted by molar-refractivity contribution is -0.122. The topological polar surface area (TPSA) is 85.3 Å². The smallest absolute Gasteiger partial charge is 0.290 e. The van der Waals surface area contributed by atoms with Crippen LogP contribution in [0, 0.1) is 6.92 Å².